The van der Waals surface area contributed by atoms with Crippen molar-refractivity contribution in [2.45, 2.75) is 0 Å². The maximum absolute atomic E-state index is 9.03. The Labute approximate surface area is 283 Å². The third kappa shape index (κ3) is 5.01. The molecule has 0 saturated carbocycles. The van der Waals surface area contributed by atoms with Crippen molar-refractivity contribution in [3.05, 3.63) is 187 Å². The van der Waals surface area contributed by atoms with Gasteiger partial charge in [0, 0.05) is 39.3 Å². The number of fused-ring (bicyclic) bond motifs is 5. The number of hydrogen-bond donors (Lipinski definition) is 2. The van der Waals surface area contributed by atoms with Gasteiger partial charge in [-0.15, -0.1) is 0 Å². The fourth-order valence-electron chi connectivity index (χ4n) is 7.02. The number of rotatable bonds is 5. The van der Waals surface area contributed by atoms with Gasteiger partial charge in [0.1, 0.15) is 0 Å². The lowest BCUT2D eigenvalue weighted by Gasteiger charge is -2.12. The molecule has 5 heteroatoms. The van der Waals surface area contributed by atoms with Gasteiger partial charge in [-0.05, 0) is 89.5 Å². The van der Waals surface area contributed by atoms with Crippen LogP contribution < -0.4 is 5.32 Å². The molecule has 1 aliphatic rings. The third-order valence-electron chi connectivity index (χ3n) is 9.35. The van der Waals surface area contributed by atoms with Crippen LogP contribution in [0.5, 0.6) is 0 Å². The first kappa shape index (κ1) is 28.6. The van der Waals surface area contributed by atoms with Gasteiger partial charge < -0.3 is 9.13 Å². The number of aromatic nitrogens is 2. The van der Waals surface area contributed by atoms with Crippen molar-refractivity contribution in [3.8, 4) is 22.5 Å². The highest BCUT2D eigenvalue weighted by molar-refractivity contribution is 6.23. The molecular weight excluding hydrogens is 599 g/mol. The molecule has 3 N–H and O–H groups in total. The van der Waals surface area contributed by atoms with Crippen LogP contribution in [-0.2, 0) is 0 Å². The Morgan fingerprint density at radius 1 is 0.571 bits per heavy atom. The monoisotopic (exact) mass is 630 g/mol. The summed E-state index contributed by atoms with van der Waals surface area (Å²) in [6.45, 7) is 0. The standard InChI is InChI=1S/C44H31N5/c45-43(47-44-36(18-10-27-46-44)33-14-9-13-32(29-33)30-11-3-1-4-12-30)31-20-22-35(23-21-31)49-41-19-8-7-17-37(41)38-24-25-40-39(42(38)49)26-28-48(40)34-15-5-2-6-16-34/h1-29H,(H2,45,46,47)/p+1. The first-order valence-electron chi connectivity index (χ1n) is 16.5. The Morgan fingerprint density at radius 2 is 1.31 bits per heavy atom. The molecule has 6 aromatic carbocycles. The molecule has 0 spiro atoms. The number of nitrogens with zero attached hydrogens (tertiary/aromatic N) is 3. The van der Waals surface area contributed by atoms with E-state index >= 15 is 0 Å². The molecule has 232 valence electrons. The molecule has 0 bridgehead atoms. The Hall–Kier alpha value is -6.56. The van der Waals surface area contributed by atoms with E-state index in [1.807, 2.05) is 41.9 Å². The largest absolute Gasteiger partial charge is 0.316 e. The van der Waals surface area contributed by atoms with E-state index in [9.17, 15) is 0 Å². The summed E-state index contributed by atoms with van der Waals surface area (Å²) >= 11 is 0. The summed E-state index contributed by atoms with van der Waals surface area (Å²) in [4.78, 5) is 4.85. The van der Waals surface area contributed by atoms with Crippen LogP contribution in [-0.4, -0.2) is 20.8 Å². The van der Waals surface area contributed by atoms with Gasteiger partial charge in [0.2, 0.25) is 5.84 Å². The summed E-state index contributed by atoms with van der Waals surface area (Å²) in [6.07, 6.45) is 8.24. The smallest absolute Gasteiger partial charge is 0.238 e. The fraction of sp³-hybridized carbons (Fsp3) is 0. The maximum atomic E-state index is 9.03. The molecule has 0 saturated heterocycles. The number of amidine groups is 2. The van der Waals surface area contributed by atoms with Gasteiger partial charge in [0.05, 0.1) is 28.3 Å². The van der Waals surface area contributed by atoms with Crippen LogP contribution in [0.1, 0.15) is 11.1 Å². The molecule has 0 amide bonds. The summed E-state index contributed by atoms with van der Waals surface area (Å²) in [5.41, 5.74) is 10.8. The predicted octanol–water partition coefficient (Wildman–Crippen LogP) is 9.29. The van der Waals surface area contributed by atoms with Crippen LogP contribution in [0.25, 0.3) is 60.8 Å². The van der Waals surface area contributed by atoms with Crippen molar-refractivity contribution >= 4 is 50.0 Å². The Morgan fingerprint density at radius 3 is 2.14 bits per heavy atom. The Balaban J connectivity index is 1.09. The number of para-hydroxylation sites is 2. The van der Waals surface area contributed by atoms with E-state index in [0.717, 1.165) is 50.5 Å². The zero-order valence-electron chi connectivity index (χ0n) is 26.7. The molecule has 2 aromatic heterocycles. The second-order valence-corrected chi connectivity index (χ2v) is 12.2. The van der Waals surface area contributed by atoms with Crippen LogP contribution >= 0.6 is 0 Å². The van der Waals surface area contributed by atoms with Crippen molar-refractivity contribution in [1.82, 2.24) is 9.13 Å². The van der Waals surface area contributed by atoms with Gasteiger partial charge in [-0.1, -0.05) is 91.0 Å². The summed E-state index contributed by atoms with van der Waals surface area (Å²) in [5.74, 6) is 0.997. The molecule has 0 atom stereocenters. The van der Waals surface area contributed by atoms with Crippen molar-refractivity contribution in [1.29, 1.82) is 5.41 Å². The average molecular weight is 631 g/mol. The highest BCUT2D eigenvalue weighted by Crippen LogP contribution is 2.37. The van der Waals surface area contributed by atoms with Crippen LogP contribution in [0.3, 0.4) is 0 Å². The number of nitrogens with two attached hydrogens (primary N) is 1. The molecule has 0 radical (unpaired) electrons. The minimum absolute atomic E-state index is 0.225. The third-order valence-corrected chi connectivity index (χ3v) is 9.35. The van der Waals surface area contributed by atoms with E-state index in [0.29, 0.717) is 0 Å². The number of allylic oxidation sites excluding steroid dienone is 2. The fourth-order valence-corrected chi connectivity index (χ4v) is 7.02. The predicted molar refractivity (Wildman–Crippen MR) is 203 cm³/mol. The summed E-state index contributed by atoms with van der Waals surface area (Å²) in [5, 5.41) is 14.6. The maximum Gasteiger partial charge on any atom is 0.238 e. The number of nitrogens with one attached hydrogen (secondary N) is 1. The van der Waals surface area contributed by atoms with E-state index in [4.69, 9.17) is 10.4 Å². The van der Waals surface area contributed by atoms with E-state index in [-0.39, 0.29) is 5.84 Å². The molecular formula is C44H32N5+. The number of hydrogen-bond acceptors (Lipinski definition) is 1. The van der Waals surface area contributed by atoms with Crippen LogP contribution in [0.4, 0.5) is 0 Å². The summed E-state index contributed by atoms with van der Waals surface area (Å²) < 4.78 is 4.60. The lowest BCUT2D eigenvalue weighted by Crippen LogP contribution is -2.83. The molecule has 8 aromatic rings. The molecule has 0 unspecified atom stereocenters. The van der Waals surface area contributed by atoms with Gasteiger partial charge in [-0.25, -0.2) is 0 Å². The van der Waals surface area contributed by atoms with E-state index < -0.39 is 0 Å². The van der Waals surface area contributed by atoms with Crippen LogP contribution in [0, 0.1) is 5.41 Å². The summed E-state index contributed by atoms with van der Waals surface area (Å²) in [7, 11) is 0. The lowest BCUT2D eigenvalue weighted by molar-refractivity contribution is -0.459. The second-order valence-electron chi connectivity index (χ2n) is 12.2. The highest BCUT2D eigenvalue weighted by Gasteiger charge is 2.19. The number of benzene rings is 6. The first-order chi connectivity index (χ1) is 24.2. The number of aliphatic imine (C=N–C) groups is 1. The SMILES string of the molecule is N=C(N=C1[NH2+]C=CC=C1c1cccc(-c2ccccc2)c1)c1ccc(-n2c3ccccc3c3ccc4c(ccn4-c4ccccc4)c32)cc1. The van der Waals surface area contributed by atoms with Gasteiger partial charge in [-0.2, -0.15) is 4.99 Å². The van der Waals surface area contributed by atoms with Gasteiger partial charge >= 0.3 is 0 Å². The normalized spacial score (nSPS) is 13.8. The van der Waals surface area contributed by atoms with Gasteiger partial charge in [0.25, 0.3) is 0 Å². The zero-order valence-corrected chi connectivity index (χ0v) is 26.7. The van der Waals surface area contributed by atoms with Gasteiger partial charge in [0.15, 0.2) is 5.84 Å². The minimum Gasteiger partial charge on any atom is -0.316 e. The van der Waals surface area contributed by atoms with Crippen molar-refractivity contribution < 1.29 is 5.32 Å². The molecule has 9 rings (SSSR count). The topological polar surface area (TPSA) is 62.7 Å². The van der Waals surface area contributed by atoms with Crippen molar-refractivity contribution in [2.75, 3.05) is 0 Å². The Bertz CT molecular complexity index is 2620. The van der Waals surface area contributed by atoms with Crippen LogP contribution in [0.15, 0.2) is 181 Å². The van der Waals surface area contributed by atoms with E-state index in [2.05, 4.69) is 149 Å². The highest BCUT2D eigenvalue weighted by atomic mass is 15.0. The lowest BCUT2D eigenvalue weighted by atomic mass is 9.97. The van der Waals surface area contributed by atoms with E-state index in [1.165, 1.54) is 27.2 Å². The second kappa shape index (κ2) is 11.9. The molecule has 0 aliphatic carbocycles. The molecule has 3 heterocycles. The molecule has 49 heavy (non-hydrogen) atoms. The Kier molecular flexibility index (Phi) is 6.96. The van der Waals surface area contributed by atoms with Crippen molar-refractivity contribution in [2.24, 2.45) is 4.99 Å². The van der Waals surface area contributed by atoms with Crippen LogP contribution in [0.2, 0.25) is 0 Å². The first-order valence-corrected chi connectivity index (χ1v) is 16.5. The van der Waals surface area contributed by atoms with E-state index in [1.54, 1.807) is 0 Å². The molecule has 5 nitrogen and oxygen atoms in total. The van der Waals surface area contributed by atoms with Gasteiger partial charge in [-0.3, -0.25) is 10.7 Å². The van der Waals surface area contributed by atoms with Crippen molar-refractivity contribution in [3.63, 3.8) is 0 Å². The average Bonchev–Trinajstić information content (AvgIpc) is 3.76. The summed E-state index contributed by atoms with van der Waals surface area (Å²) in [6, 6.07) is 52.9. The molecule has 1 aliphatic heterocycles. The minimum atomic E-state index is 0.225. The molecule has 0 fully saturated rings. The number of quaternary nitrogens is 1. The zero-order chi connectivity index (χ0) is 32.7. The quantitative estimate of drug-likeness (QED) is 0.141.